The van der Waals surface area contributed by atoms with Gasteiger partial charge in [-0.25, -0.2) is 4.98 Å². The van der Waals surface area contributed by atoms with Gasteiger partial charge < -0.3 is 25.5 Å². The Labute approximate surface area is 226 Å². The van der Waals surface area contributed by atoms with Crippen molar-refractivity contribution in [2.24, 2.45) is 0 Å². The van der Waals surface area contributed by atoms with E-state index in [9.17, 15) is 4.79 Å². The van der Waals surface area contributed by atoms with Gasteiger partial charge in [0.25, 0.3) is 0 Å². The third-order valence-electron chi connectivity index (χ3n) is 6.29. The monoisotopic (exact) mass is 532 g/mol. The molecule has 0 saturated carbocycles. The summed E-state index contributed by atoms with van der Waals surface area (Å²) < 4.78 is 7.48. The Morgan fingerprint density at radius 2 is 1.97 bits per heavy atom. The van der Waals surface area contributed by atoms with Gasteiger partial charge in [-0.1, -0.05) is 35.6 Å². The average molecular weight is 533 g/mol. The maximum Gasteiger partial charge on any atom is 0.320 e. The topological polar surface area (TPSA) is 128 Å². The van der Waals surface area contributed by atoms with E-state index in [1.165, 1.54) is 0 Å². The van der Waals surface area contributed by atoms with Crippen LogP contribution in [0.25, 0.3) is 11.0 Å². The van der Waals surface area contributed by atoms with E-state index >= 15 is 0 Å². The molecule has 0 amide bonds. The normalized spacial score (nSPS) is 11.7. The molecule has 3 heterocycles. The van der Waals surface area contributed by atoms with Crippen molar-refractivity contribution in [3.05, 3.63) is 75.3 Å². The van der Waals surface area contributed by atoms with Crippen molar-refractivity contribution in [3.63, 3.8) is 0 Å². The quantitative estimate of drug-likeness (QED) is 0.231. The van der Waals surface area contributed by atoms with E-state index in [2.05, 4.69) is 32.1 Å². The lowest BCUT2D eigenvalue weighted by Crippen LogP contribution is -2.34. The molecule has 4 N–H and O–H groups in total. The Morgan fingerprint density at radius 3 is 2.66 bits per heavy atom. The molecule has 9 nitrogen and oxygen atoms in total. The number of carboxylic acid groups (broad SMARTS) is 1. The number of rotatable bonds is 8. The van der Waals surface area contributed by atoms with Gasteiger partial charge in [-0.15, -0.1) is 0 Å². The number of hydrogen-bond donors (Lipinski definition) is 3. The van der Waals surface area contributed by atoms with E-state index in [4.69, 9.17) is 27.2 Å². The fourth-order valence-electron chi connectivity index (χ4n) is 4.18. The van der Waals surface area contributed by atoms with Gasteiger partial charge in [0.05, 0.1) is 30.3 Å². The van der Waals surface area contributed by atoms with Gasteiger partial charge in [-0.2, -0.15) is 4.98 Å². The molecule has 0 aliphatic carbocycles. The van der Waals surface area contributed by atoms with Crippen LogP contribution < -0.4 is 15.8 Å². The zero-order chi connectivity index (χ0) is 27.4. The van der Waals surface area contributed by atoms with Gasteiger partial charge in [0.2, 0.25) is 5.95 Å². The first-order valence-corrected chi connectivity index (χ1v) is 12.4. The number of aryl methyl sites for hydroxylation is 1. The Kier molecular flexibility index (Phi) is 8.15. The highest BCUT2D eigenvalue weighted by Crippen LogP contribution is 2.29. The van der Waals surface area contributed by atoms with Crippen molar-refractivity contribution in [1.29, 1.82) is 0 Å². The molecule has 0 aliphatic rings. The second kappa shape index (κ2) is 11.5. The Morgan fingerprint density at radius 1 is 1.24 bits per heavy atom. The number of carboxylic acids is 1. The number of aromatic nitrogens is 4. The number of nitrogen functional groups attached to an aromatic ring is 1. The predicted octanol–water partition coefficient (Wildman–Crippen LogP) is 3.74. The van der Waals surface area contributed by atoms with E-state index < -0.39 is 12.0 Å². The van der Waals surface area contributed by atoms with Crippen LogP contribution in [0.2, 0.25) is 5.15 Å². The molecule has 196 valence electrons. The molecule has 3 aromatic heterocycles. The van der Waals surface area contributed by atoms with Crippen LogP contribution in [0.3, 0.4) is 0 Å². The number of carbonyl (C=O) groups is 1. The van der Waals surface area contributed by atoms with Crippen LogP contribution in [0.15, 0.2) is 36.7 Å². The highest BCUT2D eigenvalue weighted by atomic mass is 35.5. The number of hydrogen-bond acceptors (Lipinski definition) is 7. The van der Waals surface area contributed by atoms with Crippen LogP contribution in [0, 0.1) is 25.7 Å². The molecule has 0 fully saturated rings. The molecule has 0 radical (unpaired) electrons. The molecular formula is C28H29ClN6O3. The van der Waals surface area contributed by atoms with Crippen LogP contribution in [0.5, 0.6) is 5.75 Å². The summed E-state index contributed by atoms with van der Waals surface area (Å²) in [6.07, 6.45) is 4.38. The first-order chi connectivity index (χ1) is 18.2. The number of fused-ring (bicyclic) bond motifs is 1. The highest BCUT2D eigenvalue weighted by Gasteiger charge is 2.17. The molecule has 0 aliphatic heterocycles. The zero-order valence-corrected chi connectivity index (χ0v) is 22.4. The number of benzene rings is 1. The second-order valence-electron chi connectivity index (χ2n) is 9.00. The lowest BCUT2D eigenvalue weighted by Gasteiger charge is -2.13. The molecule has 38 heavy (non-hydrogen) atoms. The summed E-state index contributed by atoms with van der Waals surface area (Å²) in [6, 6.07) is 7.25. The summed E-state index contributed by atoms with van der Waals surface area (Å²) >= 11 is 6.49. The van der Waals surface area contributed by atoms with E-state index in [-0.39, 0.29) is 11.1 Å². The van der Waals surface area contributed by atoms with E-state index in [1.807, 2.05) is 48.9 Å². The first kappa shape index (κ1) is 26.9. The minimum Gasteiger partial charge on any atom is -0.496 e. The van der Waals surface area contributed by atoms with E-state index in [0.29, 0.717) is 36.1 Å². The minimum absolute atomic E-state index is 0.0790. The molecule has 4 rings (SSSR count). The van der Waals surface area contributed by atoms with Crippen LogP contribution in [0.1, 0.15) is 40.4 Å². The van der Waals surface area contributed by atoms with Crippen molar-refractivity contribution in [2.45, 2.75) is 39.8 Å². The Bertz CT molecular complexity index is 1550. The Hall–Kier alpha value is -4.13. The lowest BCUT2D eigenvalue weighted by atomic mass is 10.1. The van der Waals surface area contributed by atoms with Gasteiger partial charge in [-0.3, -0.25) is 9.78 Å². The number of methoxy groups -OCH3 is 1. The van der Waals surface area contributed by atoms with Crippen molar-refractivity contribution < 1.29 is 14.6 Å². The summed E-state index contributed by atoms with van der Waals surface area (Å²) in [4.78, 5) is 24.1. The molecule has 1 atom stereocenters. The average Bonchev–Trinajstić information content (AvgIpc) is 3.22. The maximum absolute atomic E-state index is 10.9. The van der Waals surface area contributed by atoms with E-state index in [0.717, 1.165) is 33.7 Å². The van der Waals surface area contributed by atoms with Crippen molar-refractivity contribution in [2.75, 3.05) is 19.4 Å². The number of nitrogens with zero attached hydrogens (tertiary/aromatic N) is 4. The molecular weight excluding hydrogens is 504 g/mol. The maximum atomic E-state index is 10.9. The number of nitrogens with two attached hydrogens (primary N) is 1. The van der Waals surface area contributed by atoms with Gasteiger partial charge >= 0.3 is 5.97 Å². The number of pyridine rings is 1. The Balaban J connectivity index is 1.61. The number of aliphatic carboxylic acids is 1. The van der Waals surface area contributed by atoms with Gasteiger partial charge in [0.1, 0.15) is 22.6 Å². The van der Waals surface area contributed by atoms with Gasteiger partial charge in [0.15, 0.2) is 0 Å². The SMILES string of the molecule is COc1c(C)cnc(Cn2cc(C#Cc3ccc(CCN[C@@H](C)C(=O)O)cc3)c3c(Cl)nc(N)nc32)c1C. The fourth-order valence-corrected chi connectivity index (χ4v) is 4.45. The summed E-state index contributed by atoms with van der Waals surface area (Å²) in [5.41, 5.74) is 11.8. The summed E-state index contributed by atoms with van der Waals surface area (Å²) in [6.45, 7) is 6.55. The molecule has 10 heteroatoms. The third-order valence-corrected chi connectivity index (χ3v) is 6.56. The molecule has 0 bridgehead atoms. The molecule has 1 aromatic carbocycles. The van der Waals surface area contributed by atoms with Crippen molar-refractivity contribution in [1.82, 2.24) is 24.8 Å². The van der Waals surface area contributed by atoms with E-state index in [1.54, 1.807) is 20.2 Å². The number of nitrogens with one attached hydrogen (secondary N) is 1. The lowest BCUT2D eigenvalue weighted by molar-refractivity contribution is -0.138. The van der Waals surface area contributed by atoms with Crippen LogP contribution in [-0.4, -0.2) is 50.3 Å². The predicted molar refractivity (Wildman–Crippen MR) is 148 cm³/mol. The van der Waals surface area contributed by atoms with Crippen LogP contribution in [0.4, 0.5) is 5.95 Å². The number of ether oxygens (including phenoxy) is 1. The van der Waals surface area contributed by atoms with Gasteiger partial charge in [0, 0.05) is 29.1 Å². The van der Waals surface area contributed by atoms with Crippen molar-refractivity contribution >= 4 is 34.6 Å². The highest BCUT2D eigenvalue weighted by molar-refractivity contribution is 6.34. The number of halogens is 1. The smallest absolute Gasteiger partial charge is 0.320 e. The second-order valence-corrected chi connectivity index (χ2v) is 9.36. The first-order valence-electron chi connectivity index (χ1n) is 12.1. The standard InChI is InChI=1S/C28H29ClN6O3/c1-16-13-32-22(17(2)24(16)38-4)15-35-14-21(23-25(29)33-28(30)34-26(23)35)10-9-19-5-7-20(8-6-19)11-12-31-18(3)27(36)37/h5-8,13-14,18,31H,11-12,15H2,1-4H3,(H,36,37)(H2,30,33,34)/t18-/m0/s1. The molecule has 0 saturated heterocycles. The minimum atomic E-state index is -0.866. The summed E-state index contributed by atoms with van der Waals surface area (Å²) in [5.74, 6) is 6.41. The molecule has 0 unspecified atom stereocenters. The van der Waals surface area contributed by atoms with Crippen LogP contribution >= 0.6 is 11.6 Å². The molecule has 4 aromatic rings. The van der Waals surface area contributed by atoms with Crippen molar-refractivity contribution in [3.8, 4) is 17.6 Å². The van der Waals surface area contributed by atoms with Gasteiger partial charge in [-0.05, 0) is 51.4 Å². The third kappa shape index (κ3) is 5.88. The summed E-state index contributed by atoms with van der Waals surface area (Å²) in [7, 11) is 1.65. The summed E-state index contributed by atoms with van der Waals surface area (Å²) in [5, 5.41) is 12.8. The largest absolute Gasteiger partial charge is 0.496 e. The zero-order valence-electron chi connectivity index (χ0n) is 21.7. The number of anilines is 1. The fraction of sp³-hybridized carbons (Fsp3) is 0.286. The van der Waals surface area contributed by atoms with Crippen LogP contribution in [-0.2, 0) is 17.8 Å². The molecule has 0 spiro atoms.